The van der Waals surface area contributed by atoms with E-state index in [9.17, 15) is 0 Å². The molecule has 2 rings (SSSR count). The van der Waals surface area contributed by atoms with Gasteiger partial charge in [0.05, 0.1) is 11.6 Å². The Balaban J connectivity index is 2.29. The molecule has 3 nitrogen and oxygen atoms in total. The summed E-state index contributed by atoms with van der Waals surface area (Å²) in [5, 5.41) is 0. The number of halogens is 1. The largest absolute Gasteiger partial charge is 0.475 e. The summed E-state index contributed by atoms with van der Waals surface area (Å²) in [6.45, 7) is 4.94. The fraction of sp³-hybridized carbons (Fsp3) is 0.417. The standard InChI is InChI=1S/C12H15BrN2O/c1-7(2)11-6-16-12(15-11)9-4-3-8(13)5-10(9)14/h3-5,7,11H,6,14H2,1-2H3. The van der Waals surface area contributed by atoms with Crippen LogP contribution in [0.15, 0.2) is 27.7 Å². The van der Waals surface area contributed by atoms with Crippen LogP contribution >= 0.6 is 15.9 Å². The normalized spacial score (nSPS) is 19.8. The molecule has 0 bridgehead atoms. The van der Waals surface area contributed by atoms with Crippen molar-refractivity contribution in [1.29, 1.82) is 0 Å². The zero-order valence-corrected chi connectivity index (χ0v) is 11.0. The molecule has 0 aromatic heterocycles. The van der Waals surface area contributed by atoms with E-state index in [1.807, 2.05) is 18.2 Å². The van der Waals surface area contributed by atoms with E-state index in [1.165, 1.54) is 0 Å². The van der Waals surface area contributed by atoms with Gasteiger partial charge < -0.3 is 10.5 Å². The predicted molar refractivity (Wildman–Crippen MR) is 69.7 cm³/mol. The molecule has 0 saturated carbocycles. The Hall–Kier alpha value is -1.03. The molecule has 86 valence electrons. The highest BCUT2D eigenvalue weighted by Crippen LogP contribution is 2.23. The van der Waals surface area contributed by atoms with E-state index in [0.29, 0.717) is 24.1 Å². The van der Waals surface area contributed by atoms with Crippen LogP contribution in [0.3, 0.4) is 0 Å². The van der Waals surface area contributed by atoms with Gasteiger partial charge in [-0.15, -0.1) is 0 Å². The number of aliphatic imine (C=N–C) groups is 1. The zero-order valence-electron chi connectivity index (χ0n) is 9.40. The number of ether oxygens (including phenoxy) is 1. The molecule has 1 aromatic rings. The highest BCUT2D eigenvalue weighted by Gasteiger charge is 2.23. The van der Waals surface area contributed by atoms with Crippen molar-refractivity contribution in [1.82, 2.24) is 0 Å². The minimum Gasteiger partial charge on any atom is -0.475 e. The van der Waals surface area contributed by atoms with Gasteiger partial charge in [0, 0.05) is 10.2 Å². The van der Waals surface area contributed by atoms with Crippen LogP contribution < -0.4 is 5.73 Å². The van der Waals surface area contributed by atoms with Crippen molar-refractivity contribution in [2.75, 3.05) is 12.3 Å². The van der Waals surface area contributed by atoms with Crippen molar-refractivity contribution < 1.29 is 4.74 Å². The van der Waals surface area contributed by atoms with Crippen molar-refractivity contribution in [3.8, 4) is 0 Å². The van der Waals surface area contributed by atoms with Crippen molar-refractivity contribution in [2.45, 2.75) is 19.9 Å². The summed E-state index contributed by atoms with van der Waals surface area (Å²) in [5.41, 5.74) is 7.50. The van der Waals surface area contributed by atoms with Crippen LogP contribution in [0.25, 0.3) is 0 Å². The molecule has 0 radical (unpaired) electrons. The van der Waals surface area contributed by atoms with Gasteiger partial charge in [0.1, 0.15) is 6.61 Å². The summed E-state index contributed by atoms with van der Waals surface area (Å²) in [6.07, 6.45) is 0. The third kappa shape index (κ3) is 2.21. The number of benzene rings is 1. The second-order valence-electron chi connectivity index (χ2n) is 4.29. The summed E-state index contributed by atoms with van der Waals surface area (Å²) in [5.74, 6) is 1.16. The van der Waals surface area contributed by atoms with Crippen LogP contribution in [0.1, 0.15) is 19.4 Å². The lowest BCUT2D eigenvalue weighted by Gasteiger charge is -2.06. The SMILES string of the molecule is CC(C)C1COC(c2ccc(Br)cc2N)=N1. The Bertz CT molecular complexity index is 429. The number of nitrogens with zero attached hydrogens (tertiary/aromatic N) is 1. The van der Waals surface area contributed by atoms with Crippen LogP contribution in [-0.4, -0.2) is 18.5 Å². The zero-order chi connectivity index (χ0) is 11.7. The quantitative estimate of drug-likeness (QED) is 0.848. The molecular formula is C12H15BrN2O. The molecule has 1 aromatic carbocycles. The second-order valence-corrected chi connectivity index (χ2v) is 5.20. The van der Waals surface area contributed by atoms with Crippen molar-refractivity contribution in [3.05, 3.63) is 28.2 Å². The van der Waals surface area contributed by atoms with Gasteiger partial charge in [-0.2, -0.15) is 0 Å². The van der Waals surface area contributed by atoms with E-state index in [-0.39, 0.29) is 6.04 Å². The third-order valence-corrected chi connectivity index (χ3v) is 3.18. The molecule has 4 heteroatoms. The van der Waals surface area contributed by atoms with E-state index in [1.54, 1.807) is 0 Å². The fourth-order valence-electron chi connectivity index (χ4n) is 1.61. The van der Waals surface area contributed by atoms with E-state index in [4.69, 9.17) is 10.5 Å². The van der Waals surface area contributed by atoms with Crippen molar-refractivity contribution in [3.63, 3.8) is 0 Å². The molecule has 0 saturated heterocycles. The Morgan fingerprint density at radius 1 is 1.50 bits per heavy atom. The summed E-state index contributed by atoms with van der Waals surface area (Å²) >= 11 is 3.38. The van der Waals surface area contributed by atoms with Gasteiger partial charge in [-0.25, -0.2) is 4.99 Å². The maximum Gasteiger partial charge on any atom is 0.218 e. The Labute approximate surface area is 104 Å². The number of nitrogen functional groups attached to an aromatic ring is 1. The summed E-state index contributed by atoms with van der Waals surface area (Å²) < 4.78 is 6.55. The topological polar surface area (TPSA) is 47.6 Å². The maximum atomic E-state index is 5.93. The number of nitrogens with two attached hydrogens (primary N) is 1. The fourth-order valence-corrected chi connectivity index (χ4v) is 1.99. The number of hydrogen-bond donors (Lipinski definition) is 1. The number of hydrogen-bond acceptors (Lipinski definition) is 3. The Kier molecular flexibility index (Phi) is 3.19. The first kappa shape index (κ1) is 11.5. The molecule has 16 heavy (non-hydrogen) atoms. The first-order chi connectivity index (χ1) is 7.58. The van der Waals surface area contributed by atoms with Gasteiger partial charge in [0.2, 0.25) is 5.90 Å². The second kappa shape index (κ2) is 4.45. The van der Waals surface area contributed by atoms with Gasteiger partial charge in [0.15, 0.2) is 0 Å². The van der Waals surface area contributed by atoms with Crippen molar-refractivity contribution >= 4 is 27.5 Å². The predicted octanol–water partition coefficient (Wildman–Crippen LogP) is 2.83. The molecule has 1 aliphatic heterocycles. The molecule has 1 aliphatic rings. The summed E-state index contributed by atoms with van der Waals surface area (Å²) in [7, 11) is 0. The first-order valence-electron chi connectivity index (χ1n) is 5.34. The van der Waals surface area contributed by atoms with Crippen LogP contribution in [0.2, 0.25) is 0 Å². The number of rotatable bonds is 2. The highest BCUT2D eigenvalue weighted by molar-refractivity contribution is 9.10. The molecule has 1 heterocycles. The van der Waals surface area contributed by atoms with E-state index in [2.05, 4.69) is 34.8 Å². The van der Waals surface area contributed by atoms with Gasteiger partial charge in [0.25, 0.3) is 0 Å². The lowest BCUT2D eigenvalue weighted by molar-refractivity contribution is 0.292. The van der Waals surface area contributed by atoms with Crippen LogP contribution in [-0.2, 0) is 4.74 Å². The van der Waals surface area contributed by atoms with E-state index in [0.717, 1.165) is 10.0 Å². The first-order valence-corrected chi connectivity index (χ1v) is 6.13. The molecule has 1 unspecified atom stereocenters. The lowest BCUT2D eigenvalue weighted by Crippen LogP contribution is -2.13. The molecule has 0 aliphatic carbocycles. The average molecular weight is 283 g/mol. The van der Waals surface area contributed by atoms with Crippen LogP contribution in [0, 0.1) is 5.92 Å². The lowest BCUT2D eigenvalue weighted by atomic mass is 10.1. The van der Waals surface area contributed by atoms with Gasteiger partial charge in [-0.05, 0) is 24.1 Å². The smallest absolute Gasteiger partial charge is 0.218 e. The molecule has 0 fully saturated rings. The molecule has 2 N–H and O–H groups in total. The van der Waals surface area contributed by atoms with Crippen LogP contribution in [0.4, 0.5) is 5.69 Å². The molecular weight excluding hydrogens is 268 g/mol. The Morgan fingerprint density at radius 3 is 2.81 bits per heavy atom. The number of anilines is 1. The minimum absolute atomic E-state index is 0.248. The van der Waals surface area contributed by atoms with E-state index >= 15 is 0 Å². The average Bonchev–Trinajstić information content (AvgIpc) is 2.66. The van der Waals surface area contributed by atoms with Crippen molar-refractivity contribution in [2.24, 2.45) is 10.9 Å². The minimum atomic E-state index is 0.248. The summed E-state index contributed by atoms with van der Waals surface area (Å²) in [4.78, 5) is 4.55. The third-order valence-electron chi connectivity index (χ3n) is 2.69. The molecule has 1 atom stereocenters. The summed E-state index contributed by atoms with van der Waals surface area (Å²) in [6, 6.07) is 5.99. The molecule has 0 spiro atoms. The van der Waals surface area contributed by atoms with Gasteiger partial charge in [-0.3, -0.25) is 0 Å². The maximum absolute atomic E-state index is 5.93. The van der Waals surface area contributed by atoms with Gasteiger partial charge in [-0.1, -0.05) is 29.8 Å². The van der Waals surface area contributed by atoms with Gasteiger partial charge >= 0.3 is 0 Å². The van der Waals surface area contributed by atoms with E-state index < -0.39 is 0 Å². The molecule has 0 amide bonds. The highest BCUT2D eigenvalue weighted by atomic mass is 79.9. The Morgan fingerprint density at radius 2 is 2.25 bits per heavy atom. The van der Waals surface area contributed by atoms with Crippen LogP contribution in [0.5, 0.6) is 0 Å². The monoisotopic (exact) mass is 282 g/mol.